The molecular weight excluding hydrogens is 274 g/mol. The third kappa shape index (κ3) is 3.20. The summed E-state index contributed by atoms with van der Waals surface area (Å²) < 4.78 is 10.6. The topological polar surface area (TPSA) is 80.0 Å². The molecule has 21 heavy (non-hydrogen) atoms. The fourth-order valence-corrected chi connectivity index (χ4v) is 2.64. The van der Waals surface area contributed by atoms with Gasteiger partial charge < -0.3 is 14.3 Å². The van der Waals surface area contributed by atoms with Gasteiger partial charge in [0.25, 0.3) is 0 Å². The summed E-state index contributed by atoms with van der Waals surface area (Å²) in [5.41, 5.74) is -1.95. The third-order valence-electron chi connectivity index (χ3n) is 3.55. The number of likely N-dealkylation sites (tertiary alicyclic amines) is 1. The van der Waals surface area contributed by atoms with Crippen molar-refractivity contribution < 1.29 is 23.8 Å². The summed E-state index contributed by atoms with van der Waals surface area (Å²) in [5, 5.41) is 9.69. The maximum atomic E-state index is 12.3. The highest BCUT2D eigenvalue weighted by atomic mass is 16.6. The first kappa shape index (κ1) is 15.4. The molecule has 0 radical (unpaired) electrons. The summed E-state index contributed by atoms with van der Waals surface area (Å²) in [6, 6.07) is 3.42. The van der Waals surface area contributed by atoms with E-state index in [1.54, 1.807) is 32.9 Å². The molecule has 0 aromatic carbocycles. The highest BCUT2D eigenvalue weighted by Gasteiger charge is 2.51. The monoisotopic (exact) mass is 295 g/mol. The van der Waals surface area contributed by atoms with Crippen LogP contribution in [0.3, 0.4) is 0 Å². The number of carboxylic acids is 1. The Morgan fingerprint density at radius 3 is 2.71 bits per heavy atom. The largest absolute Gasteiger partial charge is 0.479 e. The summed E-state index contributed by atoms with van der Waals surface area (Å²) in [6.07, 6.45) is 2.08. The zero-order valence-electron chi connectivity index (χ0n) is 12.6. The van der Waals surface area contributed by atoms with Gasteiger partial charge >= 0.3 is 12.1 Å². The Hall–Kier alpha value is -1.98. The van der Waals surface area contributed by atoms with E-state index in [1.807, 2.05) is 0 Å². The van der Waals surface area contributed by atoms with Crippen LogP contribution in [0.2, 0.25) is 0 Å². The lowest BCUT2D eigenvalue weighted by molar-refractivity contribution is -0.149. The summed E-state index contributed by atoms with van der Waals surface area (Å²) >= 11 is 0. The standard InChI is InChI=1S/C15H21NO5/c1-14(2,3)21-13(19)16-8-5-7-15(16,12(17)18)10-11-6-4-9-20-11/h4,6,9H,5,7-8,10H2,1-3H3,(H,17,18). The van der Waals surface area contributed by atoms with Crippen molar-refractivity contribution in [2.24, 2.45) is 0 Å². The quantitative estimate of drug-likeness (QED) is 0.927. The second kappa shape index (κ2) is 5.42. The molecule has 1 N–H and O–H groups in total. The number of amides is 1. The lowest BCUT2D eigenvalue weighted by Crippen LogP contribution is -2.55. The molecule has 1 unspecified atom stereocenters. The van der Waals surface area contributed by atoms with Gasteiger partial charge in [0, 0.05) is 13.0 Å². The van der Waals surface area contributed by atoms with E-state index >= 15 is 0 Å². The van der Waals surface area contributed by atoms with Crippen LogP contribution in [0.15, 0.2) is 22.8 Å². The molecule has 2 rings (SSSR count). The predicted octanol–water partition coefficient (Wildman–Crippen LogP) is 2.68. The number of carboxylic acid groups (broad SMARTS) is 1. The smallest absolute Gasteiger partial charge is 0.411 e. The van der Waals surface area contributed by atoms with E-state index in [4.69, 9.17) is 9.15 Å². The first-order valence-corrected chi connectivity index (χ1v) is 7.01. The molecule has 1 saturated heterocycles. The number of hydrogen-bond acceptors (Lipinski definition) is 4. The third-order valence-corrected chi connectivity index (χ3v) is 3.55. The van der Waals surface area contributed by atoms with E-state index in [0.29, 0.717) is 25.1 Å². The fraction of sp³-hybridized carbons (Fsp3) is 0.600. The average molecular weight is 295 g/mol. The van der Waals surface area contributed by atoms with Gasteiger partial charge in [0.2, 0.25) is 0 Å². The number of aliphatic carboxylic acids is 1. The van der Waals surface area contributed by atoms with E-state index < -0.39 is 23.2 Å². The molecule has 6 heteroatoms. The van der Waals surface area contributed by atoms with E-state index in [9.17, 15) is 14.7 Å². The SMILES string of the molecule is CC(C)(C)OC(=O)N1CCCC1(Cc1ccco1)C(=O)O. The summed E-state index contributed by atoms with van der Waals surface area (Å²) in [7, 11) is 0. The lowest BCUT2D eigenvalue weighted by atomic mass is 9.91. The Labute approximate surface area is 123 Å². The minimum absolute atomic E-state index is 0.147. The van der Waals surface area contributed by atoms with Crippen molar-refractivity contribution in [2.75, 3.05) is 6.54 Å². The number of carbonyl (C=O) groups excluding carboxylic acids is 1. The van der Waals surface area contributed by atoms with Gasteiger partial charge in [-0.3, -0.25) is 4.90 Å². The van der Waals surface area contributed by atoms with Crippen LogP contribution >= 0.6 is 0 Å². The van der Waals surface area contributed by atoms with Crippen molar-refractivity contribution in [1.82, 2.24) is 4.90 Å². The van der Waals surface area contributed by atoms with Gasteiger partial charge in [-0.05, 0) is 45.7 Å². The number of ether oxygens (including phenoxy) is 1. The van der Waals surface area contributed by atoms with E-state index in [1.165, 1.54) is 11.2 Å². The average Bonchev–Trinajstić information content (AvgIpc) is 2.96. The van der Waals surface area contributed by atoms with E-state index in [0.717, 1.165) is 0 Å². The zero-order valence-corrected chi connectivity index (χ0v) is 12.6. The highest BCUT2D eigenvalue weighted by Crippen LogP contribution is 2.34. The first-order chi connectivity index (χ1) is 9.74. The highest BCUT2D eigenvalue weighted by molar-refractivity contribution is 5.85. The van der Waals surface area contributed by atoms with Crippen molar-refractivity contribution in [1.29, 1.82) is 0 Å². The Kier molecular flexibility index (Phi) is 3.98. The molecule has 1 aliphatic rings. The Morgan fingerprint density at radius 2 is 2.19 bits per heavy atom. The predicted molar refractivity (Wildman–Crippen MR) is 75.0 cm³/mol. The molecule has 1 aromatic rings. The maximum absolute atomic E-state index is 12.3. The molecule has 6 nitrogen and oxygen atoms in total. The van der Waals surface area contributed by atoms with Crippen LogP contribution in [0.25, 0.3) is 0 Å². The van der Waals surface area contributed by atoms with Crippen LogP contribution in [-0.2, 0) is 16.0 Å². The van der Waals surface area contributed by atoms with Crippen LogP contribution in [0.5, 0.6) is 0 Å². The van der Waals surface area contributed by atoms with Crippen LogP contribution in [0.4, 0.5) is 4.79 Å². The molecule has 1 fully saturated rings. The summed E-state index contributed by atoms with van der Waals surface area (Å²) in [5.74, 6) is -0.477. The van der Waals surface area contributed by atoms with Crippen molar-refractivity contribution in [3.8, 4) is 0 Å². The normalized spacial score (nSPS) is 22.3. The second-order valence-electron chi connectivity index (χ2n) is 6.33. The minimum atomic E-state index is -1.29. The molecule has 116 valence electrons. The number of hydrogen-bond donors (Lipinski definition) is 1. The van der Waals surface area contributed by atoms with Gasteiger partial charge in [-0.15, -0.1) is 0 Å². The molecule has 1 aliphatic heterocycles. The van der Waals surface area contributed by atoms with Gasteiger partial charge in [0.1, 0.15) is 11.4 Å². The van der Waals surface area contributed by atoms with Crippen molar-refractivity contribution >= 4 is 12.1 Å². The first-order valence-electron chi connectivity index (χ1n) is 7.01. The van der Waals surface area contributed by atoms with Gasteiger partial charge in [-0.1, -0.05) is 0 Å². The molecule has 2 heterocycles. The van der Waals surface area contributed by atoms with Gasteiger partial charge in [-0.25, -0.2) is 9.59 Å². The van der Waals surface area contributed by atoms with Crippen molar-refractivity contribution in [3.05, 3.63) is 24.2 Å². The van der Waals surface area contributed by atoms with Gasteiger partial charge in [0.05, 0.1) is 6.26 Å². The van der Waals surface area contributed by atoms with Crippen LogP contribution < -0.4 is 0 Å². The summed E-state index contributed by atoms with van der Waals surface area (Å²) in [6.45, 7) is 5.66. The Morgan fingerprint density at radius 1 is 1.48 bits per heavy atom. The maximum Gasteiger partial charge on any atom is 0.411 e. The molecule has 1 amide bonds. The molecule has 1 aromatic heterocycles. The molecule has 0 aliphatic carbocycles. The summed E-state index contributed by atoms with van der Waals surface area (Å²) in [4.78, 5) is 25.5. The lowest BCUT2D eigenvalue weighted by Gasteiger charge is -2.35. The van der Waals surface area contributed by atoms with E-state index in [-0.39, 0.29) is 6.42 Å². The molecule has 0 saturated carbocycles. The van der Waals surface area contributed by atoms with E-state index in [2.05, 4.69) is 0 Å². The van der Waals surface area contributed by atoms with Gasteiger partial charge in [-0.2, -0.15) is 0 Å². The van der Waals surface area contributed by atoms with Crippen LogP contribution in [-0.4, -0.2) is 39.8 Å². The number of furan rings is 1. The Bertz CT molecular complexity index is 517. The second-order valence-corrected chi connectivity index (χ2v) is 6.33. The molecule has 0 bridgehead atoms. The number of nitrogens with zero attached hydrogens (tertiary/aromatic N) is 1. The van der Waals surface area contributed by atoms with Gasteiger partial charge in [0.15, 0.2) is 5.54 Å². The fourth-order valence-electron chi connectivity index (χ4n) is 2.64. The number of carbonyl (C=O) groups is 2. The number of rotatable bonds is 3. The molecular formula is C15H21NO5. The Balaban J connectivity index is 2.26. The zero-order chi connectivity index (χ0) is 15.7. The van der Waals surface area contributed by atoms with Crippen molar-refractivity contribution in [2.45, 2.75) is 51.2 Å². The minimum Gasteiger partial charge on any atom is -0.479 e. The molecule has 0 spiro atoms. The molecule has 1 atom stereocenters. The van der Waals surface area contributed by atoms with Crippen molar-refractivity contribution in [3.63, 3.8) is 0 Å². The van der Waals surface area contributed by atoms with Crippen LogP contribution in [0, 0.1) is 0 Å². The van der Waals surface area contributed by atoms with Crippen LogP contribution in [0.1, 0.15) is 39.4 Å².